The van der Waals surface area contributed by atoms with E-state index in [0.717, 1.165) is 23.7 Å². The molecule has 5 nitrogen and oxygen atoms in total. The molecule has 0 amide bonds. The number of aromatic nitrogens is 2. The van der Waals surface area contributed by atoms with Gasteiger partial charge in [0.05, 0.1) is 18.8 Å². The Hall–Kier alpha value is -2.86. The van der Waals surface area contributed by atoms with Crippen molar-refractivity contribution in [3.8, 4) is 5.75 Å². The summed E-state index contributed by atoms with van der Waals surface area (Å²) in [6, 6.07) is 18.2. The van der Waals surface area contributed by atoms with Crippen LogP contribution in [0.4, 0.5) is 5.69 Å². The fourth-order valence-electron chi connectivity index (χ4n) is 3.68. The first-order valence-electron chi connectivity index (χ1n) is 9.02. The number of anilines is 1. The second-order valence-corrected chi connectivity index (χ2v) is 6.80. The van der Waals surface area contributed by atoms with E-state index < -0.39 is 0 Å². The van der Waals surface area contributed by atoms with Crippen molar-refractivity contribution < 1.29 is 4.74 Å². The van der Waals surface area contributed by atoms with Gasteiger partial charge in [-0.25, -0.2) is 0 Å². The van der Waals surface area contributed by atoms with Gasteiger partial charge in [-0.2, -0.15) is 0 Å². The normalized spacial score (nSPS) is 19.2. The van der Waals surface area contributed by atoms with Crippen molar-refractivity contribution in [3.63, 3.8) is 0 Å². The monoisotopic (exact) mass is 378 g/mol. The van der Waals surface area contributed by atoms with E-state index in [2.05, 4.69) is 51.1 Å². The van der Waals surface area contributed by atoms with Gasteiger partial charge in [-0.3, -0.25) is 4.98 Å². The van der Waals surface area contributed by atoms with Crippen LogP contribution in [-0.4, -0.2) is 21.8 Å². The van der Waals surface area contributed by atoms with Crippen LogP contribution in [-0.2, 0) is 6.54 Å². The van der Waals surface area contributed by atoms with Crippen LogP contribution in [0.2, 0.25) is 0 Å². The maximum absolute atomic E-state index is 5.75. The Balaban J connectivity index is 1.84. The molecule has 1 aliphatic heterocycles. The van der Waals surface area contributed by atoms with E-state index in [1.165, 1.54) is 5.69 Å². The minimum absolute atomic E-state index is 0.00513. The second-order valence-electron chi connectivity index (χ2n) is 6.42. The SMILES string of the molecule is CCn1cccc1[C@@H]1[C@@H](c2ccccn2)NC(=S)N1c1cccc(OC)c1. The molecule has 27 heavy (non-hydrogen) atoms. The number of ether oxygens (including phenoxy) is 1. The lowest BCUT2D eigenvalue weighted by atomic mass is 10.0. The molecule has 2 aromatic heterocycles. The summed E-state index contributed by atoms with van der Waals surface area (Å²) in [7, 11) is 1.68. The van der Waals surface area contributed by atoms with Crippen molar-refractivity contribution in [2.75, 3.05) is 12.0 Å². The predicted molar refractivity (Wildman–Crippen MR) is 111 cm³/mol. The molecule has 0 saturated carbocycles. The maximum atomic E-state index is 5.75. The topological polar surface area (TPSA) is 42.3 Å². The Bertz CT molecular complexity index is 940. The van der Waals surface area contributed by atoms with Crippen LogP contribution in [0.3, 0.4) is 0 Å². The number of rotatable bonds is 5. The van der Waals surface area contributed by atoms with E-state index in [9.17, 15) is 0 Å². The number of hydrogen-bond acceptors (Lipinski definition) is 3. The van der Waals surface area contributed by atoms with Gasteiger partial charge in [0.1, 0.15) is 11.8 Å². The van der Waals surface area contributed by atoms with Crippen molar-refractivity contribution in [2.24, 2.45) is 0 Å². The fraction of sp³-hybridized carbons (Fsp3) is 0.238. The maximum Gasteiger partial charge on any atom is 0.174 e. The lowest BCUT2D eigenvalue weighted by molar-refractivity contribution is 0.414. The van der Waals surface area contributed by atoms with Crippen LogP contribution in [0.5, 0.6) is 5.75 Å². The van der Waals surface area contributed by atoms with Gasteiger partial charge in [0.25, 0.3) is 0 Å². The molecule has 3 aromatic rings. The highest BCUT2D eigenvalue weighted by Crippen LogP contribution is 2.42. The van der Waals surface area contributed by atoms with Crippen molar-refractivity contribution in [3.05, 3.63) is 78.4 Å². The van der Waals surface area contributed by atoms with Gasteiger partial charge in [-0.1, -0.05) is 12.1 Å². The second kappa shape index (κ2) is 7.40. The third-order valence-electron chi connectivity index (χ3n) is 4.94. The quantitative estimate of drug-likeness (QED) is 0.678. The highest BCUT2D eigenvalue weighted by molar-refractivity contribution is 7.80. The van der Waals surface area contributed by atoms with Crippen molar-refractivity contribution in [2.45, 2.75) is 25.6 Å². The first kappa shape index (κ1) is 17.5. The molecule has 3 heterocycles. The van der Waals surface area contributed by atoms with Gasteiger partial charge in [-0.05, 0) is 55.5 Å². The molecule has 2 atom stereocenters. The summed E-state index contributed by atoms with van der Waals surface area (Å²) in [5, 5.41) is 4.17. The summed E-state index contributed by atoms with van der Waals surface area (Å²) in [5.41, 5.74) is 3.17. The Morgan fingerprint density at radius 2 is 2.04 bits per heavy atom. The molecule has 0 aliphatic carbocycles. The van der Waals surface area contributed by atoms with Gasteiger partial charge in [0.15, 0.2) is 5.11 Å². The average Bonchev–Trinajstić information content (AvgIpc) is 3.32. The molecule has 0 spiro atoms. The summed E-state index contributed by atoms with van der Waals surface area (Å²) < 4.78 is 7.68. The molecule has 0 bridgehead atoms. The Morgan fingerprint density at radius 3 is 2.78 bits per heavy atom. The number of methoxy groups -OCH3 is 1. The van der Waals surface area contributed by atoms with Crippen LogP contribution in [0, 0.1) is 0 Å². The zero-order valence-electron chi connectivity index (χ0n) is 15.4. The smallest absolute Gasteiger partial charge is 0.174 e. The van der Waals surface area contributed by atoms with Gasteiger partial charge in [0, 0.05) is 36.4 Å². The molecule has 138 valence electrons. The summed E-state index contributed by atoms with van der Waals surface area (Å²) in [5.74, 6) is 0.807. The number of nitrogens with zero attached hydrogens (tertiary/aromatic N) is 3. The molecular formula is C21H22N4OS. The predicted octanol–water partition coefficient (Wildman–Crippen LogP) is 4.09. The van der Waals surface area contributed by atoms with Crippen LogP contribution >= 0.6 is 12.2 Å². The zero-order chi connectivity index (χ0) is 18.8. The number of aryl methyl sites for hydroxylation is 1. The standard InChI is InChI=1S/C21H22N4OS/c1-3-24-13-7-11-18(24)20-19(17-10-4-5-12-22-17)23-21(27)25(20)15-8-6-9-16(14-15)26-2/h4-14,19-20H,3H2,1-2H3,(H,23,27)/t19-,20-/m1/s1. The van der Waals surface area contributed by atoms with Crippen molar-refractivity contribution >= 4 is 23.0 Å². The largest absolute Gasteiger partial charge is 0.497 e. The molecule has 6 heteroatoms. The Labute approximate surface area is 164 Å². The van der Waals surface area contributed by atoms with Crippen LogP contribution in [0.25, 0.3) is 0 Å². The number of nitrogens with one attached hydrogen (secondary N) is 1. The first-order valence-corrected chi connectivity index (χ1v) is 9.43. The molecule has 1 saturated heterocycles. The molecule has 0 radical (unpaired) electrons. The van der Waals surface area contributed by atoms with Gasteiger partial charge in [0.2, 0.25) is 0 Å². The Kier molecular flexibility index (Phi) is 4.81. The van der Waals surface area contributed by atoms with E-state index in [1.807, 2.05) is 42.6 Å². The van der Waals surface area contributed by atoms with Crippen LogP contribution < -0.4 is 15.0 Å². The lowest BCUT2D eigenvalue weighted by Gasteiger charge is -2.29. The minimum Gasteiger partial charge on any atom is -0.497 e. The molecule has 1 N–H and O–H groups in total. The summed E-state index contributed by atoms with van der Waals surface area (Å²) in [6.07, 6.45) is 3.93. The van der Waals surface area contributed by atoms with E-state index in [0.29, 0.717) is 5.11 Å². The zero-order valence-corrected chi connectivity index (χ0v) is 16.2. The molecule has 1 aliphatic rings. The average molecular weight is 379 g/mol. The highest BCUT2D eigenvalue weighted by Gasteiger charge is 2.41. The van der Waals surface area contributed by atoms with Crippen LogP contribution in [0.15, 0.2) is 67.0 Å². The minimum atomic E-state index is -0.0369. The number of thiocarbonyl (C=S) groups is 1. The number of benzene rings is 1. The van der Waals surface area contributed by atoms with Gasteiger partial charge >= 0.3 is 0 Å². The van der Waals surface area contributed by atoms with Crippen LogP contribution in [0.1, 0.15) is 30.4 Å². The summed E-state index contributed by atoms with van der Waals surface area (Å²) >= 11 is 5.75. The first-order chi connectivity index (χ1) is 13.2. The fourth-order valence-corrected chi connectivity index (χ4v) is 4.02. The van der Waals surface area contributed by atoms with E-state index >= 15 is 0 Å². The molecule has 1 aromatic carbocycles. The lowest BCUT2D eigenvalue weighted by Crippen LogP contribution is -2.30. The summed E-state index contributed by atoms with van der Waals surface area (Å²) in [4.78, 5) is 6.76. The molecule has 1 fully saturated rings. The van der Waals surface area contributed by atoms with E-state index in [-0.39, 0.29) is 12.1 Å². The summed E-state index contributed by atoms with van der Waals surface area (Å²) in [6.45, 7) is 3.04. The third kappa shape index (κ3) is 3.17. The van der Waals surface area contributed by atoms with Crippen molar-refractivity contribution in [1.82, 2.24) is 14.9 Å². The van der Waals surface area contributed by atoms with Gasteiger partial charge in [-0.15, -0.1) is 0 Å². The Morgan fingerprint density at radius 1 is 1.15 bits per heavy atom. The molecule has 4 rings (SSSR count). The van der Waals surface area contributed by atoms with E-state index in [4.69, 9.17) is 17.0 Å². The van der Waals surface area contributed by atoms with E-state index in [1.54, 1.807) is 7.11 Å². The third-order valence-corrected chi connectivity index (χ3v) is 5.25. The highest BCUT2D eigenvalue weighted by atomic mass is 32.1. The van der Waals surface area contributed by atoms with Crippen molar-refractivity contribution in [1.29, 1.82) is 0 Å². The number of hydrogen-bond donors (Lipinski definition) is 1. The van der Waals surface area contributed by atoms with Gasteiger partial charge < -0.3 is 19.5 Å². The number of pyridine rings is 1. The molecular weight excluding hydrogens is 356 g/mol. The molecule has 0 unspecified atom stereocenters.